The molecule has 22 heavy (non-hydrogen) atoms. The van der Waals surface area contributed by atoms with Crippen molar-refractivity contribution >= 4 is 11.8 Å². The van der Waals surface area contributed by atoms with Gasteiger partial charge in [-0.1, -0.05) is 5.57 Å². The standard InChI is InChI=1S/C15H21F3N2O2/c16-15(17,18)14(22)20-7-5-12(6-8-20)10-19-13(21)9-11-3-1-2-4-11/h9,12H,1-8,10H2,(H,19,21). The van der Waals surface area contributed by atoms with Crippen LogP contribution in [0.4, 0.5) is 13.2 Å². The highest BCUT2D eigenvalue weighted by Crippen LogP contribution is 2.24. The molecule has 0 unspecified atom stereocenters. The quantitative estimate of drug-likeness (QED) is 0.813. The number of hydrogen-bond donors (Lipinski definition) is 1. The Bertz CT molecular complexity index is 444. The number of nitrogens with zero attached hydrogens (tertiary/aromatic N) is 1. The molecule has 1 saturated heterocycles. The maximum Gasteiger partial charge on any atom is 0.471 e. The van der Waals surface area contributed by atoms with Gasteiger partial charge in [-0.25, -0.2) is 0 Å². The number of carbonyl (C=O) groups excluding carboxylic acids is 2. The van der Waals surface area contributed by atoms with Crippen molar-refractivity contribution in [2.45, 2.75) is 44.7 Å². The normalized spacial score (nSPS) is 20.1. The van der Waals surface area contributed by atoms with Gasteiger partial charge in [-0.15, -0.1) is 0 Å². The molecular formula is C15H21F3N2O2. The number of halogens is 3. The molecule has 0 aromatic rings. The van der Waals surface area contributed by atoms with Crippen molar-refractivity contribution in [3.05, 3.63) is 11.6 Å². The number of alkyl halides is 3. The van der Waals surface area contributed by atoms with Crippen molar-refractivity contribution < 1.29 is 22.8 Å². The number of likely N-dealkylation sites (tertiary alicyclic amines) is 1. The van der Waals surface area contributed by atoms with Crippen LogP contribution in [0.15, 0.2) is 11.6 Å². The molecule has 7 heteroatoms. The maximum atomic E-state index is 12.3. The first-order valence-corrected chi connectivity index (χ1v) is 7.69. The zero-order chi connectivity index (χ0) is 16.2. The topological polar surface area (TPSA) is 49.4 Å². The first-order valence-electron chi connectivity index (χ1n) is 7.69. The fourth-order valence-corrected chi connectivity index (χ4v) is 2.97. The van der Waals surface area contributed by atoms with Crippen molar-refractivity contribution in [1.29, 1.82) is 0 Å². The Labute approximate surface area is 127 Å². The van der Waals surface area contributed by atoms with E-state index in [0.29, 0.717) is 19.4 Å². The van der Waals surface area contributed by atoms with E-state index < -0.39 is 12.1 Å². The minimum Gasteiger partial charge on any atom is -0.352 e. The average molecular weight is 318 g/mol. The summed E-state index contributed by atoms with van der Waals surface area (Å²) in [5.41, 5.74) is 1.17. The van der Waals surface area contributed by atoms with E-state index in [1.165, 1.54) is 5.57 Å². The Balaban J connectivity index is 1.70. The van der Waals surface area contributed by atoms with Gasteiger partial charge in [-0.3, -0.25) is 9.59 Å². The first kappa shape index (κ1) is 16.8. The highest BCUT2D eigenvalue weighted by atomic mass is 19.4. The van der Waals surface area contributed by atoms with Gasteiger partial charge in [0.2, 0.25) is 5.91 Å². The van der Waals surface area contributed by atoms with Crippen LogP contribution in [-0.2, 0) is 9.59 Å². The van der Waals surface area contributed by atoms with E-state index in [9.17, 15) is 22.8 Å². The molecule has 1 saturated carbocycles. The average Bonchev–Trinajstić information content (AvgIpc) is 2.97. The van der Waals surface area contributed by atoms with E-state index in [1.807, 2.05) is 0 Å². The lowest BCUT2D eigenvalue weighted by molar-refractivity contribution is -0.186. The van der Waals surface area contributed by atoms with Gasteiger partial charge >= 0.3 is 12.1 Å². The van der Waals surface area contributed by atoms with E-state index in [1.54, 1.807) is 6.08 Å². The van der Waals surface area contributed by atoms with Crippen molar-refractivity contribution in [3.8, 4) is 0 Å². The summed E-state index contributed by atoms with van der Waals surface area (Å²) in [5.74, 6) is -1.75. The maximum absolute atomic E-state index is 12.3. The summed E-state index contributed by atoms with van der Waals surface area (Å²) >= 11 is 0. The molecule has 124 valence electrons. The number of carbonyl (C=O) groups is 2. The summed E-state index contributed by atoms with van der Waals surface area (Å²) in [6.07, 6.45) is 2.04. The molecule has 2 rings (SSSR count). The molecule has 1 aliphatic carbocycles. The fraction of sp³-hybridized carbons (Fsp3) is 0.733. The van der Waals surface area contributed by atoms with Gasteiger partial charge in [0, 0.05) is 25.7 Å². The van der Waals surface area contributed by atoms with Crippen LogP contribution >= 0.6 is 0 Å². The molecule has 2 aliphatic rings. The number of amides is 2. The first-order chi connectivity index (χ1) is 10.4. The lowest BCUT2D eigenvalue weighted by Gasteiger charge is -2.32. The van der Waals surface area contributed by atoms with Crippen LogP contribution < -0.4 is 5.32 Å². The molecule has 0 aromatic carbocycles. The molecule has 0 bridgehead atoms. The van der Waals surface area contributed by atoms with E-state index >= 15 is 0 Å². The Morgan fingerprint density at radius 3 is 2.32 bits per heavy atom. The molecule has 4 nitrogen and oxygen atoms in total. The van der Waals surface area contributed by atoms with E-state index in [-0.39, 0.29) is 24.9 Å². The Morgan fingerprint density at radius 2 is 1.77 bits per heavy atom. The summed E-state index contributed by atoms with van der Waals surface area (Å²) in [7, 11) is 0. The second-order valence-corrected chi connectivity index (χ2v) is 5.99. The minimum atomic E-state index is -4.80. The van der Waals surface area contributed by atoms with Gasteiger partial charge in [0.1, 0.15) is 0 Å². The second-order valence-electron chi connectivity index (χ2n) is 5.99. The van der Waals surface area contributed by atoms with Crippen LogP contribution in [0, 0.1) is 5.92 Å². The summed E-state index contributed by atoms with van der Waals surface area (Å²) in [6, 6.07) is 0. The highest BCUT2D eigenvalue weighted by molar-refractivity contribution is 5.88. The van der Waals surface area contributed by atoms with Gasteiger partial charge in [-0.2, -0.15) is 13.2 Å². The predicted octanol–water partition coefficient (Wildman–Crippen LogP) is 2.40. The predicted molar refractivity (Wildman–Crippen MR) is 74.9 cm³/mol. The Kier molecular flexibility index (Phi) is 5.47. The molecule has 2 amide bonds. The van der Waals surface area contributed by atoms with Crippen LogP contribution in [0.25, 0.3) is 0 Å². The summed E-state index contributed by atoms with van der Waals surface area (Å²) in [6.45, 7) is 0.649. The SMILES string of the molecule is O=C(C=C1CCCC1)NCC1CCN(C(=O)C(F)(F)F)CC1. The molecule has 0 atom stereocenters. The molecule has 1 aliphatic heterocycles. The van der Waals surface area contributed by atoms with Crippen molar-refractivity contribution in [2.24, 2.45) is 5.92 Å². The molecule has 1 heterocycles. The third kappa shape index (κ3) is 4.74. The molecule has 0 spiro atoms. The van der Waals surface area contributed by atoms with Crippen LogP contribution in [0.5, 0.6) is 0 Å². The van der Waals surface area contributed by atoms with Crippen LogP contribution in [0.1, 0.15) is 38.5 Å². The fourth-order valence-electron chi connectivity index (χ4n) is 2.97. The van der Waals surface area contributed by atoms with E-state index in [4.69, 9.17) is 0 Å². The van der Waals surface area contributed by atoms with Crippen molar-refractivity contribution in [3.63, 3.8) is 0 Å². The lowest BCUT2D eigenvalue weighted by Crippen LogP contribution is -2.46. The summed E-state index contributed by atoms with van der Waals surface area (Å²) < 4.78 is 37.0. The van der Waals surface area contributed by atoms with E-state index in [2.05, 4.69) is 5.32 Å². The zero-order valence-corrected chi connectivity index (χ0v) is 12.4. The molecule has 0 radical (unpaired) electrons. The number of piperidine rings is 1. The van der Waals surface area contributed by atoms with Crippen molar-refractivity contribution in [2.75, 3.05) is 19.6 Å². The number of hydrogen-bond acceptors (Lipinski definition) is 2. The number of allylic oxidation sites excluding steroid dienone is 1. The third-order valence-electron chi connectivity index (χ3n) is 4.29. The van der Waals surface area contributed by atoms with Gasteiger partial charge < -0.3 is 10.2 Å². The largest absolute Gasteiger partial charge is 0.471 e. The minimum absolute atomic E-state index is 0.0972. The molecule has 1 N–H and O–H groups in total. The molecule has 0 aromatic heterocycles. The zero-order valence-electron chi connectivity index (χ0n) is 12.4. The summed E-state index contributed by atoms with van der Waals surface area (Å²) in [4.78, 5) is 23.7. The smallest absolute Gasteiger partial charge is 0.352 e. The molecule has 2 fully saturated rings. The van der Waals surface area contributed by atoms with Gasteiger partial charge in [-0.05, 0) is 44.4 Å². The monoisotopic (exact) mass is 318 g/mol. The van der Waals surface area contributed by atoms with Crippen LogP contribution in [-0.4, -0.2) is 42.5 Å². The van der Waals surface area contributed by atoms with Gasteiger partial charge in [0.15, 0.2) is 0 Å². The number of nitrogens with one attached hydrogen (secondary N) is 1. The Hall–Kier alpha value is -1.53. The lowest BCUT2D eigenvalue weighted by atomic mass is 9.96. The summed E-state index contributed by atoms with van der Waals surface area (Å²) in [5, 5.41) is 2.81. The Morgan fingerprint density at radius 1 is 1.18 bits per heavy atom. The van der Waals surface area contributed by atoms with E-state index in [0.717, 1.165) is 30.6 Å². The second kappa shape index (κ2) is 7.15. The van der Waals surface area contributed by atoms with Crippen molar-refractivity contribution in [1.82, 2.24) is 10.2 Å². The third-order valence-corrected chi connectivity index (χ3v) is 4.29. The van der Waals surface area contributed by atoms with Crippen LogP contribution in [0.2, 0.25) is 0 Å². The number of rotatable bonds is 3. The highest BCUT2D eigenvalue weighted by Gasteiger charge is 2.43. The van der Waals surface area contributed by atoms with Gasteiger partial charge in [0.25, 0.3) is 0 Å². The van der Waals surface area contributed by atoms with Gasteiger partial charge in [0.05, 0.1) is 0 Å². The van der Waals surface area contributed by atoms with Crippen LogP contribution in [0.3, 0.4) is 0 Å². The molecular weight excluding hydrogens is 297 g/mol.